The molecule has 178 valence electrons. The van der Waals surface area contributed by atoms with Crippen LogP contribution in [0.25, 0.3) is 0 Å². The van der Waals surface area contributed by atoms with Crippen LogP contribution in [0.15, 0.2) is 87.5 Å². The van der Waals surface area contributed by atoms with Crippen LogP contribution in [0.4, 0.5) is 13.2 Å². The summed E-state index contributed by atoms with van der Waals surface area (Å²) >= 11 is 0. The lowest BCUT2D eigenvalue weighted by molar-refractivity contribution is -0.0517. The first-order valence-electron chi connectivity index (χ1n) is 10.5. The highest BCUT2D eigenvalue weighted by molar-refractivity contribution is 7.97. The molecule has 0 aliphatic carbocycles. The van der Waals surface area contributed by atoms with Crippen molar-refractivity contribution in [3.63, 3.8) is 0 Å². The summed E-state index contributed by atoms with van der Waals surface area (Å²) in [5.74, 6) is 0. The number of hydrogen-bond acceptors (Lipinski definition) is 3. The molecule has 0 N–H and O–H groups in total. The summed E-state index contributed by atoms with van der Waals surface area (Å²) in [4.78, 5) is 4.35. The SMILES string of the molecule is CCc1cc(CC)c([S+](c2ccccc2)c2ccccc2)c(CC)c1.O=S(=O)([O-])C(F)(F)F. The fourth-order valence-electron chi connectivity index (χ4n) is 3.30. The lowest BCUT2D eigenvalue weighted by atomic mass is 10.0. The van der Waals surface area contributed by atoms with Crippen molar-refractivity contribution in [2.75, 3.05) is 0 Å². The zero-order valence-electron chi connectivity index (χ0n) is 18.7. The first kappa shape index (κ1) is 27.0. The Morgan fingerprint density at radius 3 is 1.39 bits per heavy atom. The molecule has 0 aliphatic rings. The molecule has 0 bridgehead atoms. The third-order valence-corrected chi connectivity index (χ3v) is 7.90. The Hall–Kier alpha value is -2.29. The number of halogens is 3. The van der Waals surface area contributed by atoms with E-state index >= 15 is 0 Å². The number of benzene rings is 3. The Morgan fingerprint density at radius 1 is 0.758 bits per heavy atom. The van der Waals surface area contributed by atoms with Crippen molar-refractivity contribution in [1.29, 1.82) is 0 Å². The van der Waals surface area contributed by atoms with Gasteiger partial charge in [0.05, 0.1) is 10.9 Å². The van der Waals surface area contributed by atoms with Gasteiger partial charge in [0.1, 0.15) is 0 Å². The van der Waals surface area contributed by atoms with Crippen LogP contribution >= 0.6 is 0 Å². The van der Waals surface area contributed by atoms with E-state index in [2.05, 4.69) is 93.6 Å². The molecule has 0 atom stereocenters. The van der Waals surface area contributed by atoms with Crippen molar-refractivity contribution in [2.45, 2.75) is 60.2 Å². The highest BCUT2D eigenvalue weighted by Crippen LogP contribution is 2.36. The van der Waals surface area contributed by atoms with Gasteiger partial charge < -0.3 is 4.55 Å². The van der Waals surface area contributed by atoms with E-state index in [0.717, 1.165) is 19.3 Å². The predicted octanol–water partition coefficient (Wildman–Crippen LogP) is 6.52. The minimum absolute atomic E-state index is 0.0478. The second-order valence-corrected chi connectivity index (χ2v) is 10.5. The number of rotatable bonds is 6. The molecule has 0 spiro atoms. The average Bonchev–Trinajstić information content (AvgIpc) is 2.79. The lowest BCUT2D eigenvalue weighted by Gasteiger charge is -2.16. The maximum atomic E-state index is 10.7. The van der Waals surface area contributed by atoms with Crippen LogP contribution in [0.3, 0.4) is 0 Å². The van der Waals surface area contributed by atoms with Gasteiger partial charge in [-0.05, 0) is 49.1 Å². The second-order valence-electron chi connectivity index (χ2n) is 7.14. The Labute approximate surface area is 196 Å². The molecule has 3 aromatic carbocycles. The first-order chi connectivity index (χ1) is 15.5. The molecule has 8 heteroatoms. The van der Waals surface area contributed by atoms with Crippen LogP contribution in [0.5, 0.6) is 0 Å². The van der Waals surface area contributed by atoms with E-state index in [9.17, 15) is 13.2 Å². The Kier molecular flexibility index (Phi) is 9.57. The van der Waals surface area contributed by atoms with Gasteiger partial charge in [-0.2, -0.15) is 13.2 Å². The molecule has 0 saturated carbocycles. The molecule has 0 unspecified atom stereocenters. The second kappa shape index (κ2) is 11.7. The van der Waals surface area contributed by atoms with Gasteiger partial charge in [-0.1, -0.05) is 69.3 Å². The molecule has 33 heavy (non-hydrogen) atoms. The molecule has 3 aromatic rings. The van der Waals surface area contributed by atoms with E-state index in [1.54, 1.807) is 4.90 Å². The third kappa shape index (κ3) is 7.09. The van der Waals surface area contributed by atoms with Crippen LogP contribution in [0, 0.1) is 0 Å². The summed E-state index contributed by atoms with van der Waals surface area (Å²) in [6, 6.07) is 26.9. The molecule has 0 fully saturated rings. The van der Waals surface area contributed by atoms with Crippen molar-refractivity contribution in [3.05, 3.63) is 89.5 Å². The monoisotopic (exact) mass is 496 g/mol. The Balaban J connectivity index is 0.000000414. The summed E-state index contributed by atoms with van der Waals surface area (Å²) in [6.07, 6.45) is 3.27. The topological polar surface area (TPSA) is 57.2 Å². The van der Waals surface area contributed by atoms with E-state index in [4.69, 9.17) is 13.0 Å². The largest absolute Gasteiger partial charge is 0.741 e. The minimum Gasteiger partial charge on any atom is -0.741 e. The highest BCUT2D eigenvalue weighted by atomic mass is 32.2. The van der Waals surface area contributed by atoms with Crippen molar-refractivity contribution in [2.24, 2.45) is 0 Å². The molecule has 3 rings (SSSR count). The van der Waals surface area contributed by atoms with Gasteiger partial charge in [0.25, 0.3) is 0 Å². The molecule has 0 radical (unpaired) electrons. The maximum Gasteiger partial charge on any atom is 0.485 e. The Morgan fingerprint density at radius 2 is 1.12 bits per heavy atom. The summed E-state index contributed by atoms with van der Waals surface area (Å²) in [5, 5.41) is 0. The van der Waals surface area contributed by atoms with Crippen LogP contribution in [-0.4, -0.2) is 18.5 Å². The van der Waals surface area contributed by atoms with E-state index in [-0.39, 0.29) is 10.9 Å². The standard InChI is InChI=1S/C24H27S.CHF3O3S/c1-4-19-17-20(5-2)24(21(6-3)18-19)25(22-13-9-7-10-14-22)23-15-11-8-12-16-23;2-1(3,4)8(5,6)7/h7-18H,4-6H2,1-3H3;(H,5,6,7)/q+1;/p-1. The predicted molar refractivity (Wildman–Crippen MR) is 125 cm³/mol. The molecule has 0 amide bonds. The van der Waals surface area contributed by atoms with Crippen LogP contribution in [0.1, 0.15) is 37.5 Å². The maximum absolute atomic E-state index is 10.7. The summed E-state index contributed by atoms with van der Waals surface area (Å²) < 4.78 is 58.9. The molecular formula is C25H27F3O3S2. The van der Waals surface area contributed by atoms with Crippen LogP contribution < -0.4 is 0 Å². The summed E-state index contributed by atoms with van der Waals surface area (Å²) in [6.45, 7) is 6.83. The molecule has 0 saturated heterocycles. The quantitative estimate of drug-likeness (QED) is 0.222. The Bertz CT molecular complexity index is 1070. The van der Waals surface area contributed by atoms with E-state index in [0.29, 0.717) is 0 Å². The van der Waals surface area contributed by atoms with Crippen molar-refractivity contribution >= 4 is 21.0 Å². The number of aryl methyl sites for hydroxylation is 3. The highest BCUT2D eigenvalue weighted by Gasteiger charge is 2.37. The van der Waals surface area contributed by atoms with Gasteiger partial charge in [0, 0.05) is 11.1 Å². The van der Waals surface area contributed by atoms with Crippen LogP contribution in [-0.2, 0) is 40.3 Å². The van der Waals surface area contributed by atoms with Gasteiger partial charge in [-0.25, -0.2) is 8.42 Å². The fraction of sp³-hybridized carbons (Fsp3) is 0.280. The van der Waals surface area contributed by atoms with Gasteiger partial charge in [0.2, 0.25) is 0 Å². The first-order valence-corrected chi connectivity index (χ1v) is 13.2. The van der Waals surface area contributed by atoms with E-state index < -0.39 is 15.6 Å². The van der Waals surface area contributed by atoms with E-state index in [1.807, 2.05) is 0 Å². The molecule has 0 aromatic heterocycles. The molecule has 3 nitrogen and oxygen atoms in total. The zero-order chi connectivity index (χ0) is 24.6. The summed E-state index contributed by atoms with van der Waals surface area (Å²) in [7, 11) is -6.14. The minimum atomic E-state index is -6.09. The van der Waals surface area contributed by atoms with E-state index in [1.165, 1.54) is 26.5 Å². The zero-order valence-corrected chi connectivity index (χ0v) is 20.4. The van der Waals surface area contributed by atoms with Gasteiger partial charge in [-0.3, -0.25) is 0 Å². The smallest absolute Gasteiger partial charge is 0.485 e. The van der Waals surface area contributed by atoms with Gasteiger partial charge in [-0.15, -0.1) is 0 Å². The van der Waals surface area contributed by atoms with Crippen molar-refractivity contribution in [1.82, 2.24) is 0 Å². The van der Waals surface area contributed by atoms with Gasteiger partial charge in [0.15, 0.2) is 24.8 Å². The van der Waals surface area contributed by atoms with Crippen molar-refractivity contribution in [3.8, 4) is 0 Å². The molecular weight excluding hydrogens is 469 g/mol. The molecule has 0 aliphatic heterocycles. The summed E-state index contributed by atoms with van der Waals surface area (Å²) in [5.41, 5.74) is -1.17. The van der Waals surface area contributed by atoms with Gasteiger partial charge >= 0.3 is 5.51 Å². The average molecular weight is 497 g/mol. The fourth-order valence-corrected chi connectivity index (χ4v) is 5.84. The lowest BCUT2D eigenvalue weighted by Crippen LogP contribution is -2.21. The number of alkyl halides is 3. The molecule has 0 heterocycles. The van der Waals surface area contributed by atoms with Crippen LogP contribution in [0.2, 0.25) is 0 Å². The number of hydrogen-bond donors (Lipinski definition) is 0. The van der Waals surface area contributed by atoms with Crippen molar-refractivity contribution < 1.29 is 26.1 Å². The normalized spacial score (nSPS) is 11.8. The third-order valence-electron chi connectivity index (χ3n) is 4.92.